The summed E-state index contributed by atoms with van der Waals surface area (Å²) < 4.78 is 18.1. The molecule has 1 rings (SSSR count). The van der Waals surface area contributed by atoms with Gasteiger partial charge in [-0.25, -0.2) is 0 Å². The predicted molar refractivity (Wildman–Crippen MR) is 83.5 cm³/mol. The molecule has 0 saturated carbocycles. The molecule has 0 aromatic heterocycles. The van der Waals surface area contributed by atoms with Crippen LogP contribution in [0, 0.1) is 5.92 Å². The summed E-state index contributed by atoms with van der Waals surface area (Å²) in [6, 6.07) is 8.41. The van der Waals surface area contributed by atoms with Gasteiger partial charge in [0.15, 0.2) is 5.85 Å². The fourth-order valence-electron chi connectivity index (χ4n) is 2.22. The lowest BCUT2D eigenvalue weighted by molar-refractivity contribution is -0.142. The minimum Gasteiger partial charge on any atom is -0.481 e. The molecule has 128 valence electrons. The van der Waals surface area contributed by atoms with Crippen molar-refractivity contribution in [3.8, 4) is 0 Å². The molecular weight excluding hydrogens is 323 g/mol. The lowest BCUT2D eigenvalue weighted by atomic mass is 10.1. The Morgan fingerprint density at radius 2 is 1.83 bits per heavy atom. The van der Waals surface area contributed by atoms with Crippen molar-refractivity contribution in [2.24, 2.45) is 5.92 Å². The molecule has 3 atom stereocenters. The molecule has 0 heterocycles. The smallest absolute Gasteiger partial charge is 0.307 e. The zero-order chi connectivity index (χ0) is 17.5. The van der Waals surface area contributed by atoms with Crippen LogP contribution < -0.4 is 0 Å². The maximum absolute atomic E-state index is 12.7. The zero-order valence-electron chi connectivity index (χ0n) is 12.8. The first-order valence-electron chi connectivity index (χ1n) is 7.20. The molecule has 0 saturated heterocycles. The third-order valence-corrected chi connectivity index (χ3v) is 5.46. The average Bonchev–Trinajstić information content (AvgIpc) is 2.49. The van der Waals surface area contributed by atoms with Crippen LogP contribution in [0.25, 0.3) is 0 Å². The van der Waals surface area contributed by atoms with E-state index in [0.717, 1.165) is 0 Å². The number of carboxylic acids is 2. The SMILES string of the molecule is CCOC(c1ccccc1)P(=O)(O)CC(CCC(=O)O)C(=O)O. The number of hydrogen-bond acceptors (Lipinski definition) is 4. The third-order valence-electron chi connectivity index (χ3n) is 3.31. The molecule has 1 aromatic carbocycles. The van der Waals surface area contributed by atoms with Gasteiger partial charge in [-0.2, -0.15) is 0 Å². The summed E-state index contributed by atoms with van der Waals surface area (Å²) in [6.07, 6.45) is -1.11. The summed E-state index contributed by atoms with van der Waals surface area (Å²) in [6.45, 7) is 1.87. The van der Waals surface area contributed by atoms with E-state index >= 15 is 0 Å². The number of ether oxygens (including phenoxy) is 1. The third kappa shape index (κ3) is 6.14. The highest BCUT2D eigenvalue weighted by molar-refractivity contribution is 7.58. The standard InChI is InChI=1S/C15H21O7P/c1-2-22-15(11-6-4-3-5-7-11)23(20,21)10-12(14(18)19)8-9-13(16)17/h3-7,12,15H,2,8-10H2,1H3,(H,16,17)(H,18,19)(H,20,21). The molecule has 0 aliphatic carbocycles. The minimum atomic E-state index is -4.01. The van der Waals surface area contributed by atoms with E-state index in [1.807, 2.05) is 0 Å². The van der Waals surface area contributed by atoms with E-state index in [2.05, 4.69) is 0 Å². The van der Waals surface area contributed by atoms with Gasteiger partial charge in [-0.3, -0.25) is 14.2 Å². The van der Waals surface area contributed by atoms with Crippen LogP contribution in [0.2, 0.25) is 0 Å². The van der Waals surface area contributed by atoms with Crippen molar-refractivity contribution >= 4 is 19.3 Å². The number of benzene rings is 1. The first-order chi connectivity index (χ1) is 10.8. The molecule has 23 heavy (non-hydrogen) atoms. The van der Waals surface area contributed by atoms with Crippen molar-refractivity contribution in [1.82, 2.24) is 0 Å². The molecule has 0 bridgehead atoms. The van der Waals surface area contributed by atoms with Crippen LogP contribution >= 0.6 is 7.37 Å². The average molecular weight is 344 g/mol. The molecule has 0 aliphatic rings. The molecule has 0 spiro atoms. The number of aliphatic carboxylic acids is 2. The number of carbonyl (C=O) groups is 2. The first kappa shape index (κ1) is 19.4. The molecule has 0 amide bonds. The highest BCUT2D eigenvalue weighted by Gasteiger charge is 2.37. The zero-order valence-corrected chi connectivity index (χ0v) is 13.7. The molecule has 1 aromatic rings. The van der Waals surface area contributed by atoms with Gasteiger partial charge in [-0.15, -0.1) is 0 Å². The topological polar surface area (TPSA) is 121 Å². The molecule has 0 aliphatic heterocycles. The maximum atomic E-state index is 12.7. The largest absolute Gasteiger partial charge is 0.481 e. The quantitative estimate of drug-likeness (QED) is 0.558. The second-order valence-electron chi connectivity index (χ2n) is 5.12. The second-order valence-corrected chi connectivity index (χ2v) is 7.47. The van der Waals surface area contributed by atoms with Crippen LogP contribution in [-0.2, 0) is 18.9 Å². The monoisotopic (exact) mass is 344 g/mol. The molecule has 0 fully saturated rings. The van der Waals surface area contributed by atoms with E-state index in [1.54, 1.807) is 37.3 Å². The van der Waals surface area contributed by atoms with Gasteiger partial charge >= 0.3 is 11.9 Å². The van der Waals surface area contributed by atoms with E-state index in [0.29, 0.717) is 5.56 Å². The Balaban J connectivity index is 2.97. The molecule has 3 unspecified atom stereocenters. The van der Waals surface area contributed by atoms with Crippen LogP contribution in [0.4, 0.5) is 0 Å². The van der Waals surface area contributed by atoms with Gasteiger partial charge in [0.05, 0.1) is 5.92 Å². The van der Waals surface area contributed by atoms with Gasteiger partial charge < -0.3 is 19.8 Å². The van der Waals surface area contributed by atoms with Gasteiger partial charge in [0.25, 0.3) is 0 Å². The van der Waals surface area contributed by atoms with Gasteiger partial charge in [0, 0.05) is 19.2 Å². The fourth-order valence-corrected chi connectivity index (χ4v) is 4.41. The van der Waals surface area contributed by atoms with Crippen LogP contribution in [0.5, 0.6) is 0 Å². The molecule has 8 heteroatoms. The Labute approximate surface area is 134 Å². The van der Waals surface area contributed by atoms with Gasteiger partial charge in [0.2, 0.25) is 7.37 Å². The van der Waals surface area contributed by atoms with E-state index in [9.17, 15) is 19.0 Å². The van der Waals surface area contributed by atoms with Gasteiger partial charge in [-0.1, -0.05) is 30.3 Å². The highest BCUT2D eigenvalue weighted by atomic mass is 31.2. The summed E-state index contributed by atoms with van der Waals surface area (Å²) in [4.78, 5) is 32.2. The minimum absolute atomic E-state index is 0.191. The Bertz CT molecular complexity index is 572. The van der Waals surface area contributed by atoms with E-state index in [4.69, 9.17) is 14.9 Å². The second kappa shape index (κ2) is 8.82. The summed E-state index contributed by atoms with van der Waals surface area (Å²) in [5.41, 5.74) is 0.488. The summed E-state index contributed by atoms with van der Waals surface area (Å²) in [5, 5.41) is 17.8. The van der Waals surface area contributed by atoms with Crippen LogP contribution in [0.3, 0.4) is 0 Å². The van der Waals surface area contributed by atoms with Gasteiger partial charge in [-0.05, 0) is 18.9 Å². The summed E-state index contributed by atoms with van der Waals surface area (Å²) in [7, 11) is -4.01. The van der Waals surface area contributed by atoms with Crippen LogP contribution in [-0.4, -0.2) is 39.8 Å². The predicted octanol–water partition coefficient (Wildman–Crippen LogP) is 2.56. The maximum Gasteiger partial charge on any atom is 0.307 e. The lowest BCUT2D eigenvalue weighted by Crippen LogP contribution is -2.21. The van der Waals surface area contributed by atoms with Crippen molar-refractivity contribution in [3.05, 3.63) is 35.9 Å². The van der Waals surface area contributed by atoms with Gasteiger partial charge in [0.1, 0.15) is 0 Å². The Kier molecular flexibility index (Phi) is 7.42. The van der Waals surface area contributed by atoms with Crippen molar-refractivity contribution in [2.75, 3.05) is 12.8 Å². The summed E-state index contributed by atoms with van der Waals surface area (Å²) >= 11 is 0. The molecule has 0 radical (unpaired) electrons. The molecular formula is C15H21O7P. The Morgan fingerprint density at radius 1 is 1.22 bits per heavy atom. The molecule has 3 N–H and O–H groups in total. The lowest BCUT2D eigenvalue weighted by Gasteiger charge is -2.25. The number of carboxylic acid groups (broad SMARTS) is 2. The molecule has 7 nitrogen and oxygen atoms in total. The number of rotatable bonds is 10. The van der Waals surface area contributed by atoms with E-state index in [-0.39, 0.29) is 19.4 Å². The van der Waals surface area contributed by atoms with Crippen molar-refractivity contribution in [2.45, 2.75) is 25.6 Å². The number of hydrogen-bond donors (Lipinski definition) is 3. The summed E-state index contributed by atoms with van der Waals surface area (Å²) in [5.74, 6) is -4.77. The van der Waals surface area contributed by atoms with Crippen molar-refractivity contribution in [1.29, 1.82) is 0 Å². The van der Waals surface area contributed by atoms with E-state index in [1.165, 1.54) is 0 Å². The highest BCUT2D eigenvalue weighted by Crippen LogP contribution is 2.57. The van der Waals surface area contributed by atoms with Crippen LogP contribution in [0.1, 0.15) is 31.2 Å². The first-order valence-corrected chi connectivity index (χ1v) is 9.12. The fraction of sp³-hybridized carbons (Fsp3) is 0.467. The van der Waals surface area contributed by atoms with Crippen molar-refractivity contribution < 1.29 is 34.0 Å². The normalized spacial score (nSPS) is 16.3. The Morgan fingerprint density at radius 3 is 2.30 bits per heavy atom. The van der Waals surface area contributed by atoms with E-state index < -0.39 is 37.2 Å². The van der Waals surface area contributed by atoms with Crippen molar-refractivity contribution in [3.63, 3.8) is 0 Å². The Hall–Kier alpha value is -1.69. The van der Waals surface area contributed by atoms with Crippen LogP contribution in [0.15, 0.2) is 30.3 Å².